The first-order valence-electron chi connectivity index (χ1n) is 4.61. The van der Waals surface area contributed by atoms with Crippen molar-refractivity contribution < 1.29 is 0 Å². The molecular weight excluding hydrogens is 184 g/mol. The molecule has 1 aromatic heterocycles. The molecule has 0 spiro atoms. The van der Waals surface area contributed by atoms with Crippen molar-refractivity contribution in [3.8, 4) is 0 Å². The molecule has 1 fully saturated rings. The molecule has 13 heavy (non-hydrogen) atoms. The van der Waals surface area contributed by atoms with Gasteiger partial charge in [-0.3, -0.25) is 4.98 Å². The second kappa shape index (κ2) is 3.54. The van der Waals surface area contributed by atoms with Crippen LogP contribution in [0.3, 0.4) is 0 Å². The summed E-state index contributed by atoms with van der Waals surface area (Å²) < 4.78 is 0. The van der Waals surface area contributed by atoms with Gasteiger partial charge in [0.25, 0.3) is 0 Å². The molecule has 0 saturated heterocycles. The fraction of sp³-hybridized carbons (Fsp3) is 0.500. The topological polar surface area (TPSA) is 16.1 Å². The minimum atomic E-state index is 0.680. The number of nitrogens with zero attached hydrogens (tertiary/aromatic N) is 2. The summed E-state index contributed by atoms with van der Waals surface area (Å²) in [5.41, 5.74) is 1.10. The van der Waals surface area contributed by atoms with Crippen molar-refractivity contribution in [3.63, 3.8) is 0 Å². The third-order valence-corrected chi connectivity index (χ3v) is 3.04. The van der Waals surface area contributed by atoms with Crippen LogP contribution >= 0.6 is 11.6 Å². The molecule has 3 heteroatoms. The van der Waals surface area contributed by atoms with Gasteiger partial charge in [0.2, 0.25) is 0 Å². The van der Waals surface area contributed by atoms with E-state index < -0.39 is 0 Å². The predicted molar refractivity (Wildman–Crippen MR) is 55.3 cm³/mol. The summed E-state index contributed by atoms with van der Waals surface area (Å²) in [6, 6.07) is 2.65. The fourth-order valence-electron chi connectivity index (χ4n) is 1.62. The van der Waals surface area contributed by atoms with Crippen LogP contribution in [0.4, 0.5) is 5.69 Å². The van der Waals surface area contributed by atoms with E-state index in [0.717, 1.165) is 10.7 Å². The maximum absolute atomic E-state index is 6.04. The number of anilines is 1. The monoisotopic (exact) mass is 196 g/mol. The van der Waals surface area contributed by atoms with Gasteiger partial charge < -0.3 is 4.90 Å². The Morgan fingerprint density at radius 2 is 2.31 bits per heavy atom. The number of hydrogen-bond donors (Lipinski definition) is 0. The average Bonchev–Trinajstić information content (AvgIpc) is 2.01. The predicted octanol–water partition coefficient (Wildman–Crippen LogP) is 2.72. The molecular formula is C10H13ClN2. The van der Waals surface area contributed by atoms with Crippen LogP contribution in [0.2, 0.25) is 5.02 Å². The highest BCUT2D eigenvalue weighted by Gasteiger charge is 2.23. The lowest BCUT2D eigenvalue weighted by Gasteiger charge is -2.36. The Kier molecular flexibility index (Phi) is 2.40. The minimum absolute atomic E-state index is 0.680. The van der Waals surface area contributed by atoms with Gasteiger partial charge in [0.1, 0.15) is 0 Å². The van der Waals surface area contributed by atoms with Crippen molar-refractivity contribution in [1.29, 1.82) is 0 Å². The van der Waals surface area contributed by atoms with Crippen molar-refractivity contribution in [2.45, 2.75) is 25.3 Å². The van der Waals surface area contributed by atoms with Gasteiger partial charge in [-0.05, 0) is 25.3 Å². The number of aromatic nitrogens is 1. The molecule has 0 amide bonds. The Morgan fingerprint density at radius 1 is 1.54 bits per heavy atom. The molecule has 0 atom stereocenters. The Morgan fingerprint density at radius 3 is 2.85 bits per heavy atom. The third kappa shape index (κ3) is 1.63. The van der Waals surface area contributed by atoms with E-state index in [-0.39, 0.29) is 0 Å². The Hall–Kier alpha value is -0.760. The maximum atomic E-state index is 6.04. The summed E-state index contributed by atoms with van der Waals surface area (Å²) in [6.45, 7) is 0. The molecule has 1 saturated carbocycles. The zero-order valence-electron chi connectivity index (χ0n) is 7.70. The second-order valence-corrected chi connectivity index (χ2v) is 3.93. The molecule has 0 bridgehead atoms. The highest BCUT2D eigenvalue weighted by atomic mass is 35.5. The molecule has 1 heterocycles. The van der Waals surface area contributed by atoms with Crippen LogP contribution in [0.1, 0.15) is 19.3 Å². The standard InChI is InChI=1S/C10H13ClN2/c1-13(8-3-2-4-8)10-5-6-12-7-9(10)11/h5-8H,2-4H2,1H3. The van der Waals surface area contributed by atoms with Crippen molar-refractivity contribution >= 4 is 17.3 Å². The van der Waals surface area contributed by atoms with Crippen molar-refractivity contribution in [2.24, 2.45) is 0 Å². The van der Waals surface area contributed by atoms with Crippen LogP contribution in [0.15, 0.2) is 18.5 Å². The third-order valence-electron chi connectivity index (χ3n) is 2.75. The van der Waals surface area contributed by atoms with E-state index in [1.54, 1.807) is 12.4 Å². The van der Waals surface area contributed by atoms with Crippen LogP contribution in [0.5, 0.6) is 0 Å². The van der Waals surface area contributed by atoms with Crippen LogP contribution in [-0.2, 0) is 0 Å². The first-order valence-corrected chi connectivity index (χ1v) is 4.99. The first kappa shape index (κ1) is 8.82. The molecule has 1 aromatic rings. The molecule has 2 rings (SSSR count). The van der Waals surface area contributed by atoms with Crippen molar-refractivity contribution in [2.75, 3.05) is 11.9 Å². The lowest BCUT2D eigenvalue weighted by Crippen LogP contribution is -2.37. The SMILES string of the molecule is CN(c1ccncc1Cl)C1CCC1. The Bertz CT molecular complexity index is 297. The number of hydrogen-bond acceptors (Lipinski definition) is 2. The Balaban J connectivity index is 2.18. The zero-order chi connectivity index (χ0) is 9.26. The molecule has 0 aromatic carbocycles. The normalized spacial score (nSPS) is 16.8. The molecule has 1 aliphatic carbocycles. The van der Waals surface area contributed by atoms with E-state index in [4.69, 9.17) is 11.6 Å². The summed E-state index contributed by atoms with van der Waals surface area (Å²) >= 11 is 6.04. The second-order valence-electron chi connectivity index (χ2n) is 3.52. The van der Waals surface area contributed by atoms with E-state index in [9.17, 15) is 0 Å². The van der Waals surface area contributed by atoms with Crippen LogP contribution in [0, 0.1) is 0 Å². The lowest BCUT2D eigenvalue weighted by atomic mass is 9.91. The van der Waals surface area contributed by atoms with Gasteiger partial charge in [0.05, 0.1) is 10.7 Å². The summed E-state index contributed by atoms with van der Waals surface area (Å²) in [6.07, 6.45) is 7.41. The van der Waals surface area contributed by atoms with E-state index >= 15 is 0 Å². The van der Waals surface area contributed by atoms with Gasteiger partial charge >= 0.3 is 0 Å². The highest BCUT2D eigenvalue weighted by molar-refractivity contribution is 6.33. The van der Waals surface area contributed by atoms with Gasteiger partial charge in [0, 0.05) is 25.5 Å². The molecule has 2 nitrogen and oxygen atoms in total. The quantitative estimate of drug-likeness (QED) is 0.723. The van der Waals surface area contributed by atoms with Gasteiger partial charge in [-0.25, -0.2) is 0 Å². The molecule has 0 aliphatic heterocycles. The average molecular weight is 197 g/mol. The summed E-state index contributed by atoms with van der Waals surface area (Å²) in [4.78, 5) is 6.23. The summed E-state index contributed by atoms with van der Waals surface area (Å²) in [7, 11) is 2.10. The maximum Gasteiger partial charge on any atom is 0.0822 e. The molecule has 70 valence electrons. The molecule has 0 radical (unpaired) electrons. The number of pyridine rings is 1. The van der Waals surface area contributed by atoms with Crippen LogP contribution < -0.4 is 4.90 Å². The van der Waals surface area contributed by atoms with Gasteiger partial charge in [-0.1, -0.05) is 11.6 Å². The van der Waals surface area contributed by atoms with Gasteiger partial charge in [-0.15, -0.1) is 0 Å². The smallest absolute Gasteiger partial charge is 0.0822 e. The zero-order valence-corrected chi connectivity index (χ0v) is 8.46. The number of rotatable bonds is 2. The fourth-order valence-corrected chi connectivity index (χ4v) is 1.88. The van der Waals surface area contributed by atoms with E-state index in [2.05, 4.69) is 16.9 Å². The molecule has 0 unspecified atom stereocenters. The molecule has 0 N–H and O–H groups in total. The summed E-state index contributed by atoms with van der Waals surface area (Å²) in [5, 5.41) is 0.747. The van der Waals surface area contributed by atoms with Crippen molar-refractivity contribution in [3.05, 3.63) is 23.5 Å². The summed E-state index contributed by atoms with van der Waals surface area (Å²) in [5.74, 6) is 0. The largest absolute Gasteiger partial charge is 0.370 e. The van der Waals surface area contributed by atoms with E-state index in [1.807, 2.05) is 6.07 Å². The van der Waals surface area contributed by atoms with Gasteiger partial charge in [-0.2, -0.15) is 0 Å². The highest BCUT2D eigenvalue weighted by Crippen LogP contribution is 2.31. The minimum Gasteiger partial charge on any atom is -0.370 e. The van der Waals surface area contributed by atoms with Crippen molar-refractivity contribution in [1.82, 2.24) is 4.98 Å². The number of halogens is 1. The molecule has 1 aliphatic rings. The van der Waals surface area contributed by atoms with Crippen LogP contribution in [0.25, 0.3) is 0 Å². The Labute approximate surface area is 83.5 Å². The van der Waals surface area contributed by atoms with Crippen LogP contribution in [-0.4, -0.2) is 18.1 Å². The van der Waals surface area contributed by atoms with E-state index in [1.165, 1.54) is 19.3 Å². The van der Waals surface area contributed by atoms with E-state index in [0.29, 0.717) is 6.04 Å². The first-order chi connectivity index (χ1) is 6.29. The lowest BCUT2D eigenvalue weighted by molar-refractivity contribution is 0.401. The van der Waals surface area contributed by atoms with Gasteiger partial charge in [0.15, 0.2) is 0 Å².